The Kier molecular flexibility index (Phi) is 4.76. The lowest BCUT2D eigenvalue weighted by atomic mass is 9.98. The molecular weight excluding hydrogens is 244 g/mol. The van der Waals surface area contributed by atoms with Crippen LogP contribution >= 0.6 is 0 Å². The van der Waals surface area contributed by atoms with Crippen molar-refractivity contribution < 1.29 is 14.4 Å². The summed E-state index contributed by atoms with van der Waals surface area (Å²) in [6, 6.07) is 7.20. The van der Waals surface area contributed by atoms with Crippen LogP contribution in [0.15, 0.2) is 24.3 Å². The fourth-order valence-electron chi connectivity index (χ4n) is 2.44. The lowest BCUT2D eigenvalue weighted by Crippen LogP contribution is -2.41. The van der Waals surface area contributed by atoms with Crippen LogP contribution in [0.1, 0.15) is 23.2 Å². The maximum absolute atomic E-state index is 12.4. The van der Waals surface area contributed by atoms with Gasteiger partial charge >= 0.3 is 0 Å². The average molecular weight is 264 g/mol. The Morgan fingerprint density at radius 1 is 1.42 bits per heavy atom. The molecule has 104 valence electrons. The molecule has 1 heterocycles. The molecule has 0 aliphatic carbocycles. The second-order valence-electron chi connectivity index (χ2n) is 4.82. The number of likely N-dealkylation sites (tertiary alicyclic amines) is 1. The molecule has 0 radical (unpaired) electrons. The highest BCUT2D eigenvalue weighted by Crippen LogP contribution is 2.19. The molecule has 1 aliphatic heterocycles. The topological polar surface area (TPSA) is 64.8 Å². The third-order valence-electron chi connectivity index (χ3n) is 3.48. The Morgan fingerprint density at radius 2 is 2.16 bits per heavy atom. The molecule has 1 saturated heterocycles. The SMILES string of the molecule is COc1ccc(C(=O)N2CCCC(CON)C2)cc1. The van der Waals surface area contributed by atoms with E-state index in [0.717, 1.165) is 25.1 Å². The summed E-state index contributed by atoms with van der Waals surface area (Å²) in [5, 5.41) is 0. The Bertz CT molecular complexity index is 417. The zero-order valence-corrected chi connectivity index (χ0v) is 11.2. The van der Waals surface area contributed by atoms with Gasteiger partial charge in [0, 0.05) is 24.6 Å². The summed E-state index contributed by atoms with van der Waals surface area (Å²) in [6.07, 6.45) is 2.06. The number of carbonyl (C=O) groups is 1. The minimum Gasteiger partial charge on any atom is -0.497 e. The monoisotopic (exact) mass is 264 g/mol. The van der Waals surface area contributed by atoms with Crippen LogP contribution in [0.25, 0.3) is 0 Å². The van der Waals surface area contributed by atoms with Gasteiger partial charge in [0.05, 0.1) is 13.7 Å². The van der Waals surface area contributed by atoms with Gasteiger partial charge in [0.25, 0.3) is 5.91 Å². The van der Waals surface area contributed by atoms with Crippen molar-refractivity contribution in [3.63, 3.8) is 0 Å². The number of nitrogens with zero attached hydrogens (tertiary/aromatic N) is 1. The van der Waals surface area contributed by atoms with Gasteiger partial charge in [-0.2, -0.15) is 0 Å². The molecule has 5 heteroatoms. The molecule has 1 unspecified atom stereocenters. The van der Waals surface area contributed by atoms with E-state index in [1.54, 1.807) is 31.4 Å². The highest BCUT2D eigenvalue weighted by Gasteiger charge is 2.24. The molecule has 1 fully saturated rings. The predicted octanol–water partition coefficient (Wildman–Crippen LogP) is 1.44. The summed E-state index contributed by atoms with van der Waals surface area (Å²) < 4.78 is 5.09. The van der Waals surface area contributed by atoms with Crippen molar-refractivity contribution >= 4 is 5.91 Å². The largest absolute Gasteiger partial charge is 0.497 e. The van der Waals surface area contributed by atoms with Crippen LogP contribution in [0.2, 0.25) is 0 Å². The minimum atomic E-state index is 0.0596. The van der Waals surface area contributed by atoms with Crippen LogP contribution in [-0.2, 0) is 4.84 Å². The first-order valence-corrected chi connectivity index (χ1v) is 6.49. The van der Waals surface area contributed by atoms with E-state index in [1.165, 1.54) is 0 Å². The summed E-state index contributed by atoms with van der Waals surface area (Å²) in [5.74, 6) is 6.25. The molecule has 0 bridgehead atoms. The fourth-order valence-corrected chi connectivity index (χ4v) is 2.44. The number of rotatable bonds is 4. The zero-order valence-electron chi connectivity index (χ0n) is 11.2. The molecule has 5 nitrogen and oxygen atoms in total. The minimum absolute atomic E-state index is 0.0596. The highest BCUT2D eigenvalue weighted by atomic mass is 16.6. The van der Waals surface area contributed by atoms with E-state index in [4.69, 9.17) is 15.5 Å². The van der Waals surface area contributed by atoms with Crippen LogP contribution in [0.5, 0.6) is 5.75 Å². The number of hydrogen-bond acceptors (Lipinski definition) is 4. The van der Waals surface area contributed by atoms with E-state index in [-0.39, 0.29) is 5.91 Å². The van der Waals surface area contributed by atoms with Gasteiger partial charge < -0.3 is 14.5 Å². The quantitative estimate of drug-likeness (QED) is 0.836. The number of piperidine rings is 1. The first-order chi connectivity index (χ1) is 9.24. The van der Waals surface area contributed by atoms with Crippen LogP contribution in [-0.4, -0.2) is 37.6 Å². The molecule has 1 aromatic rings. The van der Waals surface area contributed by atoms with Crippen molar-refractivity contribution in [2.24, 2.45) is 11.8 Å². The van der Waals surface area contributed by atoms with Crippen molar-refractivity contribution in [1.82, 2.24) is 4.90 Å². The van der Waals surface area contributed by atoms with Gasteiger partial charge in [0.15, 0.2) is 0 Å². The molecular formula is C14H20N2O3. The Balaban J connectivity index is 2.01. The molecule has 1 amide bonds. The molecule has 19 heavy (non-hydrogen) atoms. The number of nitrogens with two attached hydrogens (primary N) is 1. The summed E-state index contributed by atoms with van der Waals surface area (Å²) in [5.41, 5.74) is 0.690. The number of carbonyl (C=O) groups excluding carboxylic acids is 1. The van der Waals surface area contributed by atoms with Crippen molar-refractivity contribution in [2.75, 3.05) is 26.8 Å². The molecule has 2 N–H and O–H groups in total. The number of methoxy groups -OCH3 is 1. The Labute approximate surface area is 113 Å². The summed E-state index contributed by atoms with van der Waals surface area (Å²) in [4.78, 5) is 18.9. The molecule has 1 aliphatic rings. The first kappa shape index (κ1) is 13.8. The van der Waals surface area contributed by atoms with E-state index in [2.05, 4.69) is 0 Å². The maximum atomic E-state index is 12.4. The van der Waals surface area contributed by atoms with Crippen molar-refractivity contribution in [3.8, 4) is 5.75 Å². The third kappa shape index (κ3) is 3.45. The fraction of sp³-hybridized carbons (Fsp3) is 0.500. The predicted molar refractivity (Wildman–Crippen MR) is 71.8 cm³/mol. The normalized spacial score (nSPS) is 19.3. The first-order valence-electron chi connectivity index (χ1n) is 6.49. The Hall–Kier alpha value is -1.59. The summed E-state index contributed by atoms with van der Waals surface area (Å²) in [6.45, 7) is 2.01. The van der Waals surface area contributed by atoms with Crippen molar-refractivity contribution in [3.05, 3.63) is 29.8 Å². The summed E-state index contributed by atoms with van der Waals surface area (Å²) in [7, 11) is 1.61. The zero-order chi connectivity index (χ0) is 13.7. The third-order valence-corrected chi connectivity index (χ3v) is 3.48. The lowest BCUT2D eigenvalue weighted by Gasteiger charge is -2.32. The van der Waals surface area contributed by atoms with Crippen molar-refractivity contribution in [1.29, 1.82) is 0 Å². The van der Waals surface area contributed by atoms with E-state index < -0.39 is 0 Å². The van der Waals surface area contributed by atoms with Crippen LogP contribution in [0.3, 0.4) is 0 Å². The van der Waals surface area contributed by atoms with Crippen molar-refractivity contribution in [2.45, 2.75) is 12.8 Å². The molecule has 1 aromatic carbocycles. The number of ether oxygens (including phenoxy) is 1. The molecule has 0 saturated carbocycles. The van der Waals surface area contributed by atoms with Crippen LogP contribution in [0, 0.1) is 5.92 Å². The Morgan fingerprint density at radius 3 is 2.79 bits per heavy atom. The van der Waals surface area contributed by atoms with Gasteiger partial charge in [0.1, 0.15) is 5.75 Å². The number of hydrogen-bond donors (Lipinski definition) is 1. The van der Waals surface area contributed by atoms with E-state index in [1.807, 2.05) is 4.90 Å². The second-order valence-corrected chi connectivity index (χ2v) is 4.82. The van der Waals surface area contributed by atoms with Crippen LogP contribution < -0.4 is 10.6 Å². The number of amides is 1. The highest BCUT2D eigenvalue weighted by molar-refractivity contribution is 5.94. The summed E-state index contributed by atoms with van der Waals surface area (Å²) >= 11 is 0. The van der Waals surface area contributed by atoms with Gasteiger partial charge in [0.2, 0.25) is 0 Å². The molecule has 2 rings (SSSR count). The maximum Gasteiger partial charge on any atom is 0.253 e. The van der Waals surface area contributed by atoms with E-state index in [9.17, 15) is 4.79 Å². The van der Waals surface area contributed by atoms with Gasteiger partial charge in [-0.1, -0.05) is 0 Å². The van der Waals surface area contributed by atoms with Gasteiger partial charge in [-0.05, 0) is 37.1 Å². The average Bonchev–Trinajstić information content (AvgIpc) is 2.47. The molecule has 0 aromatic heterocycles. The smallest absolute Gasteiger partial charge is 0.253 e. The van der Waals surface area contributed by atoms with Gasteiger partial charge in [-0.3, -0.25) is 4.79 Å². The lowest BCUT2D eigenvalue weighted by molar-refractivity contribution is 0.0472. The van der Waals surface area contributed by atoms with Gasteiger partial charge in [-0.15, -0.1) is 0 Å². The van der Waals surface area contributed by atoms with Crippen LogP contribution in [0.4, 0.5) is 0 Å². The molecule has 0 spiro atoms. The van der Waals surface area contributed by atoms with E-state index in [0.29, 0.717) is 24.6 Å². The second kappa shape index (κ2) is 6.54. The van der Waals surface area contributed by atoms with E-state index >= 15 is 0 Å². The standard InChI is InChI=1S/C14H20N2O3/c1-18-13-6-4-12(5-7-13)14(17)16-8-2-3-11(9-16)10-19-15/h4-7,11H,2-3,8-10,15H2,1H3. The van der Waals surface area contributed by atoms with Gasteiger partial charge in [-0.25, -0.2) is 5.90 Å². The molecule has 1 atom stereocenters. The number of benzene rings is 1.